The lowest BCUT2D eigenvalue weighted by Gasteiger charge is -2.28. The predicted molar refractivity (Wildman–Crippen MR) is 73.7 cm³/mol. The van der Waals surface area contributed by atoms with Crippen LogP contribution in [0.15, 0.2) is 36.4 Å². The van der Waals surface area contributed by atoms with Gasteiger partial charge in [0.15, 0.2) is 0 Å². The molecule has 0 saturated carbocycles. The van der Waals surface area contributed by atoms with Gasteiger partial charge < -0.3 is 15.6 Å². The predicted octanol–water partition coefficient (Wildman–Crippen LogP) is 2.62. The Morgan fingerprint density at radius 3 is 2.44 bits per heavy atom. The van der Waals surface area contributed by atoms with Gasteiger partial charge in [0.25, 0.3) is 0 Å². The van der Waals surface area contributed by atoms with Crippen LogP contribution in [-0.2, 0) is 0 Å². The molecule has 0 saturated heterocycles. The first-order valence-electron chi connectivity index (χ1n) is 5.98. The Bertz CT molecular complexity index is 558. The van der Waals surface area contributed by atoms with Gasteiger partial charge >= 0.3 is 0 Å². The van der Waals surface area contributed by atoms with Gasteiger partial charge in [0.2, 0.25) is 0 Å². The number of hydrogen-bond acceptors (Lipinski definition) is 3. The largest absolute Gasteiger partial charge is 0.496 e. The number of ether oxygens (including phenoxy) is 1. The van der Waals surface area contributed by atoms with Crippen LogP contribution in [0.1, 0.15) is 25.5 Å². The lowest BCUT2D eigenvalue weighted by Crippen LogP contribution is -2.35. The molecular formula is C15H19NO2. The van der Waals surface area contributed by atoms with Crippen molar-refractivity contribution in [2.75, 3.05) is 7.11 Å². The number of nitrogens with two attached hydrogens (primary N) is 1. The van der Waals surface area contributed by atoms with Crippen molar-refractivity contribution in [1.82, 2.24) is 0 Å². The highest BCUT2D eigenvalue weighted by atomic mass is 16.5. The van der Waals surface area contributed by atoms with E-state index in [4.69, 9.17) is 10.5 Å². The summed E-state index contributed by atoms with van der Waals surface area (Å²) in [6.07, 6.45) is 0. The van der Waals surface area contributed by atoms with Crippen molar-refractivity contribution in [1.29, 1.82) is 0 Å². The first-order valence-corrected chi connectivity index (χ1v) is 5.98. The quantitative estimate of drug-likeness (QED) is 0.874. The molecule has 0 unspecified atom stereocenters. The summed E-state index contributed by atoms with van der Waals surface area (Å²) >= 11 is 0. The second-order valence-electron chi connectivity index (χ2n) is 5.03. The van der Waals surface area contributed by atoms with Gasteiger partial charge in [-0.05, 0) is 30.7 Å². The zero-order valence-electron chi connectivity index (χ0n) is 11.0. The third kappa shape index (κ3) is 2.19. The van der Waals surface area contributed by atoms with Gasteiger partial charge in [0, 0.05) is 5.56 Å². The van der Waals surface area contributed by atoms with E-state index in [0.717, 1.165) is 16.3 Å². The smallest absolute Gasteiger partial charge is 0.124 e. The minimum absolute atomic E-state index is 0.501. The standard InChI is InChI=1S/C15H19NO2/c1-15(2,17)14(16)13-11-7-5-4-6-10(11)8-9-12(13)18-3/h4-9,14,17H,16H2,1-3H3/t14-/m1/s1. The van der Waals surface area contributed by atoms with Crippen LogP contribution in [-0.4, -0.2) is 17.8 Å². The summed E-state index contributed by atoms with van der Waals surface area (Å²) in [6.45, 7) is 3.41. The Morgan fingerprint density at radius 2 is 1.83 bits per heavy atom. The zero-order valence-corrected chi connectivity index (χ0v) is 11.0. The summed E-state index contributed by atoms with van der Waals surface area (Å²) in [7, 11) is 1.62. The van der Waals surface area contributed by atoms with Crippen molar-refractivity contribution in [3.63, 3.8) is 0 Å². The van der Waals surface area contributed by atoms with Crippen molar-refractivity contribution in [3.8, 4) is 5.75 Å². The van der Waals surface area contributed by atoms with Crippen LogP contribution in [0, 0.1) is 0 Å². The van der Waals surface area contributed by atoms with E-state index >= 15 is 0 Å². The fraction of sp³-hybridized carbons (Fsp3) is 0.333. The molecule has 0 aliphatic rings. The van der Waals surface area contributed by atoms with Crippen LogP contribution < -0.4 is 10.5 Å². The Balaban J connectivity index is 2.72. The first-order chi connectivity index (χ1) is 8.45. The second kappa shape index (κ2) is 4.59. The molecule has 0 aliphatic carbocycles. The van der Waals surface area contributed by atoms with Crippen molar-refractivity contribution >= 4 is 10.8 Å². The fourth-order valence-electron chi connectivity index (χ4n) is 2.13. The second-order valence-corrected chi connectivity index (χ2v) is 5.03. The van der Waals surface area contributed by atoms with E-state index in [9.17, 15) is 5.11 Å². The molecule has 0 amide bonds. The summed E-state index contributed by atoms with van der Waals surface area (Å²) in [4.78, 5) is 0. The summed E-state index contributed by atoms with van der Waals surface area (Å²) in [5, 5.41) is 12.2. The van der Waals surface area contributed by atoms with Crippen molar-refractivity contribution in [2.45, 2.75) is 25.5 Å². The summed E-state index contributed by atoms with van der Waals surface area (Å²) in [6, 6.07) is 11.3. The Labute approximate surface area is 107 Å². The lowest BCUT2D eigenvalue weighted by molar-refractivity contribution is 0.0513. The van der Waals surface area contributed by atoms with Gasteiger partial charge in [0.05, 0.1) is 18.8 Å². The first kappa shape index (κ1) is 12.9. The van der Waals surface area contributed by atoms with Gasteiger partial charge in [-0.2, -0.15) is 0 Å². The van der Waals surface area contributed by atoms with Crippen molar-refractivity contribution in [2.24, 2.45) is 5.73 Å². The third-order valence-corrected chi connectivity index (χ3v) is 3.22. The zero-order chi connectivity index (χ0) is 13.3. The molecule has 0 radical (unpaired) electrons. The molecule has 0 spiro atoms. The SMILES string of the molecule is COc1ccc2ccccc2c1[C@@H](N)C(C)(C)O. The van der Waals surface area contributed by atoms with Crippen LogP contribution in [0.5, 0.6) is 5.75 Å². The van der Waals surface area contributed by atoms with E-state index in [1.54, 1.807) is 21.0 Å². The van der Waals surface area contributed by atoms with E-state index in [0.29, 0.717) is 5.75 Å². The molecule has 0 bridgehead atoms. The highest BCUT2D eigenvalue weighted by Gasteiger charge is 2.28. The summed E-state index contributed by atoms with van der Waals surface area (Å²) < 4.78 is 5.38. The van der Waals surface area contributed by atoms with Crippen molar-refractivity contribution in [3.05, 3.63) is 42.0 Å². The molecule has 3 nitrogen and oxygen atoms in total. The molecule has 0 fully saturated rings. The molecular weight excluding hydrogens is 226 g/mol. The van der Waals surface area contributed by atoms with Crippen LogP contribution in [0.3, 0.4) is 0 Å². The average molecular weight is 245 g/mol. The lowest BCUT2D eigenvalue weighted by atomic mass is 9.88. The third-order valence-electron chi connectivity index (χ3n) is 3.22. The van der Waals surface area contributed by atoms with Crippen LogP contribution in [0.4, 0.5) is 0 Å². The van der Waals surface area contributed by atoms with Gasteiger partial charge in [-0.3, -0.25) is 0 Å². The van der Waals surface area contributed by atoms with Crippen molar-refractivity contribution < 1.29 is 9.84 Å². The van der Waals surface area contributed by atoms with Gasteiger partial charge in [-0.15, -0.1) is 0 Å². The summed E-state index contributed by atoms with van der Waals surface area (Å²) in [5.41, 5.74) is 6.03. The summed E-state index contributed by atoms with van der Waals surface area (Å²) in [5.74, 6) is 0.711. The van der Waals surface area contributed by atoms with E-state index in [-0.39, 0.29) is 0 Å². The molecule has 1 atom stereocenters. The van der Waals surface area contributed by atoms with E-state index in [1.807, 2.05) is 36.4 Å². The number of benzene rings is 2. The maximum atomic E-state index is 10.1. The molecule has 2 rings (SSSR count). The Hall–Kier alpha value is -1.58. The molecule has 96 valence electrons. The van der Waals surface area contributed by atoms with E-state index in [2.05, 4.69) is 0 Å². The van der Waals surface area contributed by atoms with Crippen LogP contribution in [0.2, 0.25) is 0 Å². The number of methoxy groups -OCH3 is 1. The molecule has 18 heavy (non-hydrogen) atoms. The molecule has 0 aromatic heterocycles. The highest BCUT2D eigenvalue weighted by Crippen LogP contribution is 2.36. The molecule has 2 aromatic rings. The molecule has 3 N–H and O–H groups in total. The monoisotopic (exact) mass is 245 g/mol. The number of rotatable bonds is 3. The maximum absolute atomic E-state index is 10.1. The normalized spacial score (nSPS) is 13.6. The topological polar surface area (TPSA) is 55.5 Å². The van der Waals surface area contributed by atoms with E-state index < -0.39 is 11.6 Å². The molecule has 0 heterocycles. The molecule has 2 aromatic carbocycles. The Morgan fingerprint density at radius 1 is 1.17 bits per heavy atom. The van der Waals surface area contributed by atoms with Crippen LogP contribution >= 0.6 is 0 Å². The maximum Gasteiger partial charge on any atom is 0.124 e. The van der Waals surface area contributed by atoms with Gasteiger partial charge in [-0.1, -0.05) is 30.3 Å². The van der Waals surface area contributed by atoms with E-state index in [1.165, 1.54) is 0 Å². The fourth-order valence-corrected chi connectivity index (χ4v) is 2.13. The number of fused-ring (bicyclic) bond motifs is 1. The van der Waals surface area contributed by atoms with Crippen LogP contribution in [0.25, 0.3) is 10.8 Å². The minimum atomic E-state index is -1.00. The number of hydrogen-bond donors (Lipinski definition) is 2. The molecule has 0 aliphatic heterocycles. The average Bonchev–Trinajstić information content (AvgIpc) is 2.35. The minimum Gasteiger partial charge on any atom is -0.496 e. The Kier molecular flexibility index (Phi) is 3.28. The molecule has 3 heteroatoms. The number of aliphatic hydroxyl groups is 1. The van der Waals surface area contributed by atoms with Gasteiger partial charge in [0.1, 0.15) is 5.75 Å². The van der Waals surface area contributed by atoms with Gasteiger partial charge in [-0.25, -0.2) is 0 Å². The highest BCUT2D eigenvalue weighted by molar-refractivity contribution is 5.88.